The lowest BCUT2D eigenvalue weighted by molar-refractivity contribution is -0.114. The molecule has 0 aliphatic rings. The molecule has 144 valence electrons. The maximum absolute atomic E-state index is 12.4. The van der Waals surface area contributed by atoms with Gasteiger partial charge in [-0.1, -0.05) is 53.7 Å². The van der Waals surface area contributed by atoms with E-state index in [0.717, 1.165) is 11.1 Å². The third kappa shape index (κ3) is 4.67. The summed E-state index contributed by atoms with van der Waals surface area (Å²) in [7, 11) is 0. The first kappa shape index (κ1) is 19.8. The molecule has 0 aliphatic heterocycles. The minimum absolute atomic E-state index is 0.0601. The van der Waals surface area contributed by atoms with E-state index in [1.54, 1.807) is 0 Å². The van der Waals surface area contributed by atoms with Crippen molar-refractivity contribution in [3.05, 3.63) is 59.7 Å². The van der Waals surface area contributed by atoms with E-state index in [-0.39, 0.29) is 11.7 Å². The summed E-state index contributed by atoms with van der Waals surface area (Å²) in [5.74, 6) is 0.942. The quantitative estimate of drug-likeness (QED) is 0.480. The molecule has 1 amide bonds. The molecule has 1 N–H and O–H groups in total. The minimum Gasteiger partial charge on any atom is -0.326 e. The molecular formula is C21H22N4O2S. The standard InChI is InChI=1S/C21H22N4O2S/c1-4-25-20(17-6-5-7-18(12-17)22-15(3)26)23-24-21(25)28-13-19(27)16-10-8-14(2)9-11-16/h5-12H,4,13H2,1-3H3,(H,22,26). The second kappa shape index (κ2) is 8.84. The zero-order valence-electron chi connectivity index (χ0n) is 16.1. The summed E-state index contributed by atoms with van der Waals surface area (Å²) in [5, 5.41) is 12.1. The van der Waals surface area contributed by atoms with Crippen molar-refractivity contribution in [3.63, 3.8) is 0 Å². The Kier molecular flexibility index (Phi) is 6.26. The molecule has 6 nitrogen and oxygen atoms in total. The van der Waals surface area contributed by atoms with Crippen molar-refractivity contribution >= 4 is 29.1 Å². The van der Waals surface area contributed by atoms with Gasteiger partial charge in [-0.25, -0.2) is 0 Å². The van der Waals surface area contributed by atoms with E-state index in [1.807, 2.05) is 66.9 Å². The monoisotopic (exact) mass is 394 g/mol. The molecule has 0 bridgehead atoms. The van der Waals surface area contributed by atoms with Gasteiger partial charge in [0.2, 0.25) is 5.91 Å². The SMILES string of the molecule is CCn1c(SCC(=O)c2ccc(C)cc2)nnc1-c1cccc(NC(C)=O)c1. The van der Waals surface area contributed by atoms with Gasteiger partial charge in [-0.05, 0) is 26.0 Å². The molecule has 0 fully saturated rings. The number of carbonyl (C=O) groups excluding carboxylic acids is 2. The molecule has 0 unspecified atom stereocenters. The maximum Gasteiger partial charge on any atom is 0.221 e. The molecule has 0 saturated heterocycles. The fourth-order valence-corrected chi connectivity index (χ4v) is 3.68. The average Bonchev–Trinajstić information content (AvgIpc) is 3.09. The zero-order chi connectivity index (χ0) is 20.1. The molecule has 3 aromatic rings. The lowest BCUT2D eigenvalue weighted by Gasteiger charge is -2.09. The predicted octanol–water partition coefficient (Wildman–Crippen LogP) is 4.21. The van der Waals surface area contributed by atoms with Gasteiger partial charge < -0.3 is 9.88 Å². The fourth-order valence-electron chi connectivity index (χ4n) is 2.79. The van der Waals surface area contributed by atoms with Crippen molar-refractivity contribution in [3.8, 4) is 11.4 Å². The number of hydrogen-bond donors (Lipinski definition) is 1. The van der Waals surface area contributed by atoms with Crippen molar-refractivity contribution < 1.29 is 9.59 Å². The van der Waals surface area contributed by atoms with Crippen LogP contribution in [0, 0.1) is 6.92 Å². The number of thioether (sulfide) groups is 1. The van der Waals surface area contributed by atoms with Crippen LogP contribution in [-0.2, 0) is 11.3 Å². The molecular weight excluding hydrogens is 372 g/mol. The Morgan fingerprint density at radius 2 is 1.86 bits per heavy atom. The van der Waals surface area contributed by atoms with Gasteiger partial charge in [0.25, 0.3) is 0 Å². The van der Waals surface area contributed by atoms with Gasteiger partial charge in [0.15, 0.2) is 16.8 Å². The zero-order valence-corrected chi connectivity index (χ0v) is 16.9. The molecule has 7 heteroatoms. The van der Waals surface area contributed by atoms with Gasteiger partial charge in [-0.3, -0.25) is 9.59 Å². The van der Waals surface area contributed by atoms with Crippen LogP contribution in [0.3, 0.4) is 0 Å². The van der Waals surface area contributed by atoms with Crippen LogP contribution in [0.5, 0.6) is 0 Å². The second-order valence-corrected chi connectivity index (χ2v) is 7.33. The predicted molar refractivity (Wildman–Crippen MR) is 112 cm³/mol. The number of nitrogens with one attached hydrogen (secondary N) is 1. The summed E-state index contributed by atoms with van der Waals surface area (Å²) >= 11 is 1.38. The first-order chi connectivity index (χ1) is 13.5. The van der Waals surface area contributed by atoms with E-state index >= 15 is 0 Å². The number of nitrogens with zero attached hydrogens (tertiary/aromatic N) is 3. The molecule has 1 aromatic heterocycles. The Balaban J connectivity index is 1.77. The van der Waals surface area contributed by atoms with Gasteiger partial charge in [0.05, 0.1) is 5.75 Å². The number of aryl methyl sites for hydroxylation is 1. The topological polar surface area (TPSA) is 76.9 Å². The summed E-state index contributed by atoms with van der Waals surface area (Å²) in [6.07, 6.45) is 0. The third-order valence-electron chi connectivity index (χ3n) is 4.18. The van der Waals surface area contributed by atoms with Crippen LogP contribution in [0.1, 0.15) is 29.8 Å². The van der Waals surface area contributed by atoms with Gasteiger partial charge in [0, 0.05) is 30.3 Å². The van der Waals surface area contributed by atoms with Crippen molar-refractivity contribution in [1.82, 2.24) is 14.8 Å². The number of anilines is 1. The van der Waals surface area contributed by atoms with Crippen LogP contribution in [0.2, 0.25) is 0 Å². The van der Waals surface area contributed by atoms with E-state index in [9.17, 15) is 9.59 Å². The molecule has 0 spiro atoms. The van der Waals surface area contributed by atoms with Crippen LogP contribution in [-0.4, -0.2) is 32.2 Å². The summed E-state index contributed by atoms with van der Waals surface area (Å²) in [4.78, 5) is 23.7. The molecule has 1 heterocycles. The number of amides is 1. The summed E-state index contributed by atoms with van der Waals surface area (Å²) in [6.45, 7) is 6.15. The highest BCUT2D eigenvalue weighted by atomic mass is 32.2. The highest BCUT2D eigenvalue weighted by Gasteiger charge is 2.15. The minimum atomic E-state index is -0.125. The van der Waals surface area contributed by atoms with Crippen molar-refractivity contribution in [1.29, 1.82) is 0 Å². The van der Waals surface area contributed by atoms with Crippen LogP contribution < -0.4 is 5.32 Å². The van der Waals surface area contributed by atoms with Crippen LogP contribution >= 0.6 is 11.8 Å². The molecule has 0 aliphatic carbocycles. The molecule has 0 atom stereocenters. The summed E-state index contributed by atoms with van der Waals surface area (Å²) < 4.78 is 1.97. The number of carbonyl (C=O) groups is 2. The summed E-state index contributed by atoms with van der Waals surface area (Å²) in [5.41, 5.74) is 3.39. The van der Waals surface area contributed by atoms with Crippen LogP contribution in [0.25, 0.3) is 11.4 Å². The fraction of sp³-hybridized carbons (Fsp3) is 0.238. The van der Waals surface area contributed by atoms with Crippen molar-refractivity contribution in [2.45, 2.75) is 32.5 Å². The maximum atomic E-state index is 12.4. The average molecular weight is 395 g/mol. The molecule has 0 saturated carbocycles. The molecule has 2 aromatic carbocycles. The van der Waals surface area contributed by atoms with E-state index < -0.39 is 0 Å². The van der Waals surface area contributed by atoms with E-state index in [4.69, 9.17) is 0 Å². The number of ketones is 1. The van der Waals surface area contributed by atoms with Gasteiger partial charge >= 0.3 is 0 Å². The first-order valence-corrected chi connectivity index (χ1v) is 10.0. The lowest BCUT2D eigenvalue weighted by Crippen LogP contribution is -2.06. The number of hydrogen-bond acceptors (Lipinski definition) is 5. The Bertz CT molecular complexity index is 996. The van der Waals surface area contributed by atoms with Crippen LogP contribution in [0.4, 0.5) is 5.69 Å². The Hall–Kier alpha value is -2.93. The van der Waals surface area contributed by atoms with Crippen LogP contribution in [0.15, 0.2) is 53.7 Å². The Labute approximate surface area is 168 Å². The van der Waals surface area contributed by atoms with E-state index in [2.05, 4.69) is 15.5 Å². The lowest BCUT2D eigenvalue weighted by atomic mass is 10.1. The Morgan fingerprint density at radius 1 is 1.11 bits per heavy atom. The number of benzene rings is 2. The van der Waals surface area contributed by atoms with Crippen molar-refractivity contribution in [2.75, 3.05) is 11.1 Å². The molecule has 28 heavy (non-hydrogen) atoms. The van der Waals surface area contributed by atoms with Gasteiger partial charge in [0.1, 0.15) is 0 Å². The highest BCUT2D eigenvalue weighted by molar-refractivity contribution is 7.99. The van der Waals surface area contributed by atoms with Gasteiger partial charge in [-0.15, -0.1) is 10.2 Å². The van der Waals surface area contributed by atoms with E-state index in [1.165, 1.54) is 18.7 Å². The third-order valence-corrected chi connectivity index (χ3v) is 5.15. The number of aromatic nitrogens is 3. The molecule has 3 rings (SSSR count). The Morgan fingerprint density at radius 3 is 2.54 bits per heavy atom. The first-order valence-electron chi connectivity index (χ1n) is 9.02. The smallest absolute Gasteiger partial charge is 0.221 e. The summed E-state index contributed by atoms with van der Waals surface area (Å²) in [6, 6.07) is 15.1. The van der Waals surface area contributed by atoms with E-state index in [0.29, 0.717) is 34.5 Å². The normalized spacial score (nSPS) is 10.7. The molecule has 0 radical (unpaired) electrons. The number of Topliss-reactive ketones (excluding diaryl/α,β-unsaturated/α-hetero) is 1. The second-order valence-electron chi connectivity index (χ2n) is 6.39. The largest absolute Gasteiger partial charge is 0.326 e. The van der Waals surface area contributed by atoms with Gasteiger partial charge in [-0.2, -0.15) is 0 Å². The number of rotatable bonds is 7. The van der Waals surface area contributed by atoms with Crippen molar-refractivity contribution in [2.24, 2.45) is 0 Å². The highest BCUT2D eigenvalue weighted by Crippen LogP contribution is 2.26.